The van der Waals surface area contributed by atoms with Crippen LogP contribution in [0.3, 0.4) is 0 Å². The molecule has 1 saturated heterocycles. The van der Waals surface area contributed by atoms with E-state index in [2.05, 4.69) is 154 Å². The number of hydrogen-bond donors (Lipinski definition) is 7. The number of unbranched alkanes of at least 4 members (excludes halogenated alkanes) is 2. The predicted molar refractivity (Wildman–Crippen MR) is 566 cm³/mol. The predicted octanol–water partition coefficient (Wildman–Crippen LogP) is 9.73. The zero-order chi connectivity index (χ0) is 106. The molecule has 10 heterocycles. The van der Waals surface area contributed by atoms with Gasteiger partial charge in [-0.15, -0.1) is 5.10 Å². The molecule has 0 unspecified atom stereocenters. The van der Waals surface area contributed by atoms with Crippen LogP contribution in [0.15, 0.2) is 272 Å². The summed E-state index contributed by atoms with van der Waals surface area (Å²) in [4.78, 5) is 132. The maximum Gasteiger partial charge on any atom is 1.00 e. The molecule has 48 heteroatoms. The molecule has 1 amide bonds. The number of fused-ring (bicyclic) bond motifs is 2. The number of amides is 1. The molecule has 2 aliphatic rings. The van der Waals surface area contributed by atoms with Gasteiger partial charge in [0.05, 0.1) is 141 Å². The summed E-state index contributed by atoms with van der Waals surface area (Å²) in [6, 6.07) is 56.8. The Bertz CT molecular complexity index is 6310. The Morgan fingerprint density at radius 2 is 0.973 bits per heavy atom. The molecule has 10 N–H and O–H groups in total. The number of nitrogens with two attached hydrogens (primary N) is 3. The molecule has 14 aromatic rings. The fourth-order valence-electron chi connectivity index (χ4n) is 11.9. The quantitative estimate of drug-likeness (QED) is 0.00227. The van der Waals surface area contributed by atoms with E-state index in [-0.39, 0.29) is 123 Å². The van der Waals surface area contributed by atoms with Gasteiger partial charge in [-0.3, -0.25) is 28.5 Å². The number of carbonyl (C=O) groups is 7. The molecule has 0 bridgehead atoms. The molecular weight excluding hydrogens is 2240 g/mol. The number of Topliss-reactive ketones (excluding diaryl/α,β-unsaturated/α-hetero) is 2. The van der Waals surface area contributed by atoms with Gasteiger partial charge in [-0.2, -0.15) is 11.5 Å². The number of imidazole rings is 6. The number of nitrogen functional groups attached to an aromatic ring is 1. The zero-order valence-electron chi connectivity index (χ0n) is 82.5. The van der Waals surface area contributed by atoms with E-state index in [0.29, 0.717) is 82.5 Å². The van der Waals surface area contributed by atoms with Crippen molar-refractivity contribution in [3.63, 3.8) is 0 Å². The maximum absolute atomic E-state index is 12.6. The smallest absolute Gasteiger partial charge is 0.480 e. The van der Waals surface area contributed by atoms with Crippen LogP contribution in [0, 0.1) is 10.8 Å². The van der Waals surface area contributed by atoms with Crippen LogP contribution in [-0.4, -0.2) is 204 Å². The molecule has 42 nitrogen and oxygen atoms in total. The third-order valence-corrected chi connectivity index (χ3v) is 23.0. The average Bonchev–Trinajstić information content (AvgIpc) is 1.60. The van der Waals surface area contributed by atoms with Gasteiger partial charge < -0.3 is 99.6 Å². The van der Waals surface area contributed by atoms with Crippen molar-refractivity contribution in [2.45, 2.75) is 138 Å². The van der Waals surface area contributed by atoms with Crippen molar-refractivity contribution in [1.29, 1.82) is 0 Å². The van der Waals surface area contributed by atoms with Gasteiger partial charge in [0.2, 0.25) is 0 Å². The summed E-state index contributed by atoms with van der Waals surface area (Å²) in [7, 11) is 0.583. The summed E-state index contributed by atoms with van der Waals surface area (Å²) >= 11 is 6.27. The number of rotatable bonds is 34. The Labute approximate surface area is 893 Å². The largest absolute Gasteiger partial charge is 1.00 e. The first-order chi connectivity index (χ1) is 69.9. The normalized spacial score (nSPS) is 12.1. The molecule has 0 spiro atoms. The van der Waals surface area contributed by atoms with E-state index in [1.54, 1.807) is 24.3 Å². The van der Waals surface area contributed by atoms with Gasteiger partial charge in [0, 0.05) is 77.0 Å². The van der Waals surface area contributed by atoms with Crippen LogP contribution in [0.1, 0.15) is 150 Å². The maximum atomic E-state index is 12.6. The van der Waals surface area contributed by atoms with Crippen molar-refractivity contribution in [3.8, 4) is 0 Å². The minimum Gasteiger partial charge on any atom is -0.480 e. The van der Waals surface area contributed by atoms with E-state index in [1.807, 2.05) is 187 Å². The van der Waals surface area contributed by atoms with Crippen LogP contribution in [-0.2, 0) is 128 Å². The number of hydrogen-bond acceptors (Lipinski definition) is 32. The monoisotopic (exact) mass is 2360 g/mol. The van der Waals surface area contributed by atoms with Gasteiger partial charge in [-0.05, 0) is 92.5 Å². The van der Waals surface area contributed by atoms with Crippen LogP contribution >= 0.6 is 67.2 Å². The van der Waals surface area contributed by atoms with Crippen LogP contribution in [0.25, 0.3) is 11.0 Å². The van der Waals surface area contributed by atoms with E-state index in [4.69, 9.17) is 64.9 Å². The minimum absolute atomic E-state index is 0. The van der Waals surface area contributed by atoms with Crippen molar-refractivity contribution < 1.29 is 119 Å². The number of aliphatic carboxylic acids is 1. The summed E-state index contributed by atoms with van der Waals surface area (Å²) in [5, 5.41) is 17.8. The van der Waals surface area contributed by atoms with Gasteiger partial charge in [-0.1, -0.05) is 190 Å². The standard InChI is InChI=1S/C15H16N2O4.C14H15N3O3.C13H11IN4O2.C13H12N4O2.C12H12NO2P.C11H19BO3.C6H12O3.C5H7N3O2.C5H6N2O2.C4H9.I2.Li/c1-20-15(19)14-7-16-11-17(14)8-13(18)10-21-9-12-5-3-2-4-6-12;15-14(19)13-6-16-10-17(13)7-12(18)9-20-8-11-4-2-1-3-5-11;14-13-15-6-10-12(19)16-11(17-18(10)13)8-20-7-9-4-2-1-3-5-9;18-13-11-6-14-9-17(11)16-12(15-13)8-19-7-10-4-2-1-3-5-10;13-15-16(14,11-7-3-1-4-8-11)12-9-5-2-6-10-12;1-10(2)11(3,4)15-12(14-10)9-5-7-13-8-6-9;1-2-3-4-9-5-6(7)8;1-10-5(9)4-2-7-3-8(4)6;1-9-5(8)4-2-6-3-7-4;1-3-4-2;1-2;/h2-7,11H,8-10H2,1H3;1-6,10H,7-9H2,(H2,15,19);1-6H,7-8H2,(H,16,17,19);1-6,9H,7-8H2,(H,15,16,18);1-10H,13H2;5H,6-8H2,1-4H3;2-5H2,1H3,(H,7,8);2-3H,6H2,1H3;2-3H,1H3,(H,6,7);1,3-4H2,2H3;;/q;;;;;;;;;-1;;+1. The molecule has 0 aliphatic carbocycles. The molecule has 0 atom stereocenters. The number of nitrogens with one attached hydrogen (secondary N) is 3. The number of carbonyl (C=O) groups excluding carboxylic acids is 6. The van der Waals surface area contributed by atoms with Crippen molar-refractivity contribution in [3.05, 3.63) is 350 Å². The number of H-pyrrole nitrogens is 3. The number of primary amides is 1. The minimum atomic E-state index is -3.13. The number of ketones is 2. The third kappa shape index (κ3) is 43.8. The molecular formula is C98H119BI3LiN19O23P. The molecule has 1 fully saturated rings. The number of benzene rings is 6. The van der Waals surface area contributed by atoms with Crippen LogP contribution in [0.2, 0.25) is 0 Å². The summed E-state index contributed by atoms with van der Waals surface area (Å²) in [6.45, 7) is 20.1. The Morgan fingerprint density at radius 1 is 0.541 bits per heavy atom. The summed E-state index contributed by atoms with van der Waals surface area (Å²) in [6.07, 6.45) is 22.7. The third-order valence-electron chi connectivity index (χ3n) is 20.0. The van der Waals surface area contributed by atoms with E-state index in [0.717, 1.165) is 59.2 Å². The number of aromatic amines is 3. The topological polar surface area (TPSA) is 554 Å². The average molecular weight is 2360 g/mol. The number of esters is 3. The van der Waals surface area contributed by atoms with Crippen molar-refractivity contribution >= 4 is 137 Å². The summed E-state index contributed by atoms with van der Waals surface area (Å²) in [5.74, 6) is 8.23. The second-order valence-corrected chi connectivity index (χ2v) is 34.6. The molecule has 6 aromatic carbocycles. The van der Waals surface area contributed by atoms with Crippen LogP contribution in [0.5, 0.6) is 0 Å². The fraction of sp³-hybridized carbons (Fsp3) is 0.306. The molecule has 146 heavy (non-hydrogen) atoms. The molecule has 16 rings (SSSR count). The first kappa shape index (κ1) is 124. The Balaban J connectivity index is 0.000000290. The van der Waals surface area contributed by atoms with E-state index < -0.39 is 37.2 Å². The number of nitrogens with zero attached hydrogens (tertiary/aromatic N) is 13. The van der Waals surface area contributed by atoms with Gasteiger partial charge in [0.25, 0.3) is 24.4 Å². The van der Waals surface area contributed by atoms with Crippen LogP contribution < -0.4 is 58.1 Å². The number of carboxylic acids is 1. The molecule has 2 aliphatic heterocycles. The van der Waals surface area contributed by atoms with E-state index in [9.17, 15) is 47.7 Å². The second-order valence-electron chi connectivity index (χ2n) is 31.3. The Hall–Kier alpha value is -12.2. The van der Waals surface area contributed by atoms with Crippen molar-refractivity contribution in [2.75, 3.05) is 66.8 Å². The number of ether oxygens (including phenoxy) is 9. The van der Waals surface area contributed by atoms with Crippen molar-refractivity contribution in [1.82, 2.24) is 77.9 Å². The number of halogens is 3. The van der Waals surface area contributed by atoms with Crippen molar-refractivity contribution in [2.24, 2.45) is 11.6 Å². The van der Waals surface area contributed by atoms with Gasteiger partial charge >= 0.3 is 49.9 Å². The number of aromatic nitrogens is 16. The molecule has 0 radical (unpaired) electrons. The first-order valence-corrected chi connectivity index (χ1v) is 53.7. The second kappa shape index (κ2) is 69.0. The molecule has 774 valence electrons. The Morgan fingerprint density at radius 3 is 1.39 bits per heavy atom. The SMILES string of the molecule is CC1(C)OB(C2=CCOCC2)OC1(C)C.CCCCOCC(=O)O.COC(=O)c1cnc[nH]1.COC(=O)c1cncn1CC(=O)COCc1ccccc1.COC(=O)c1cncn1N.II.NC(=O)c1cncn1CC(=O)COCc1ccccc1.NOP(=O)(c1ccccc1)c1ccccc1.O=c1[nH]c(COCc2ccccc2)nn2c(I)ncc12.O=c1[nH]c(COCc2ccccc2)nn2cncc12.[CH2-]CCC.[Li+]. The number of carboxylic acid groups (broad SMARTS) is 1. The zero-order valence-corrected chi connectivity index (χ0v) is 89.9. The molecule has 0 saturated carbocycles. The van der Waals surface area contributed by atoms with Crippen LogP contribution in [0.4, 0.5) is 0 Å². The first-order valence-electron chi connectivity index (χ1n) is 44.7. The van der Waals surface area contributed by atoms with Gasteiger partial charge in [0.15, 0.2) is 38.3 Å². The fourth-order valence-corrected chi connectivity index (χ4v) is 14.1. The van der Waals surface area contributed by atoms with E-state index >= 15 is 0 Å². The molecule has 8 aromatic heterocycles. The Kier molecular flexibility index (Phi) is 58.7. The van der Waals surface area contributed by atoms with E-state index in [1.165, 1.54) is 120 Å². The summed E-state index contributed by atoms with van der Waals surface area (Å²) < 4.78 is 82.1. The van der Waals surface area contributed by atoms with Gasteiger partial charge in [-0.25, -0.2) is 73.3 Å². The van der Waals surface area contributed by atoms with Gasteiger partial charge in [0.1, 0.15) is 68.3 Å². The number of methoxy groups -OCH3 is 3. The summed E-state index contributed by atoms with van der Waals surface area (Å²) in [5.41, 5.74) is 11.6.